The molecule has 0 aliphatic carbocycles. The Labute approximate surface area is 123 Å². The fourth-order valence-corrected chi connectivity index (χ4v) is 2.92. The molecule has 3 heteroatoms. The monoisotopic (exact) mass is 282 g/mol. The Kier molecular flexibility index (Phi) is 5.84. The minimum Gasteiger partial charge on any atom is -0.327 e. The molecular weight excluding hydrogens is 256 g/mol. The second-order valence-electron chi connectivity index (χ2n) is 6.22. The van der Waals surface area contributed by atoms with E-state index in [0.717, 1.165) is 32.5 Å². The molecule has 0 radical (unpaired) electrons. The number of piperidine rings is 1. The van der Waals surface area contributed by atoms with Crippen molar-refractivity contribution in [3.8, 4) is 0 Å². The minimum atomic E-state index is 0. The lowest BCUT2D eigenvalue weighted by molar-refractivity contribution is 0.0897. The van der Waals surface area contributed by atoms with Gasteiger partial charge in [-0.1, -0.05) is 45.0 Å². The topological polar surface area (TPSA) is 29.3 Å². The van der Waals surface area contributed by atoms with Crippen LogP contribution < -0.4 is 5.73 Å². The van der Waals surface area contributed by atoms with Crippen molar-refractivity contribution < 1.29 is 0 Å². The Hall–Kier alpha value is -0.570. The number of aryl methyl sites for hydroxylation is 1. The van der Waals surface area contributed by atoms with Gasteiger partial charge in [-0.15, -0.1) is 12.4 Å². The van der Waals surface area contributed by atoms with Gasteiger partial charge in [0.05, 0.1) is 0 Å². The molecule has 1 aliphatic rings. The van der Waals surface area contributed by atoms with E-state index in [-0.39, 0.29) is 17.8 Å². The maximum absolute atomic E-state index is 6.20. The molecule has 1 saturated heterocycles. The molecule has 0 amide bonds. The molecule has 108 valence electrons. The Morgan fingerprint density at radius 2 is 1.89 bits per heavy atom. The second kappa shape index (κ2) is 6.74. The molecule has 0 saturated carbocycles. The fraction of sp³-hybridized carbons (Fsp3) is 0.625. The van der Waals surface area contributed by atoms with E-state index in [1.807, 2.05) is 0 Å². The molecule has 1 fully saturated rings. The zero-order valence-electron chi connectivity index (χ0n) is 12.4. The van der Waals surface area contributed by atoms with Gasteiger partial charge >= 0.3 is 0 Å². The first kappa shape index (κ1) is 16.5. The number of halogens is 1. The molecule has 2 N–H and O–H groups in total. The standard InChI is InChI=1S/C16H26N2.ClH/c1-4-13-7-5-6-8-14(13)11-18-10-9-15(17)16(2,3)12-18;/h5-8,15H,4,9-12,17H2,1-3H3;1H. The van der Waals surface area contributed by atoms with Crippen LogP contribution in [0.1, 0.15) is 38.3 Å². The van der Waals surface area contributed by atoms with Crippen molar-refractivity contribution in [2.75, 3.05) is 13.1 Å². The van der Waals surface area contributed by atoms with Crippen molar-refractivity contribution in [3.05, 3.63) is 35.4 Å². The van der Waals surface area contributed by atoms with Crippen molar-refractivity contribution in [1.82, 2.24) is 4.90 Å². The summed E-state index contributed by atoms with van der Waals surface area (Å²) in [6, 6.07) is 9.14. The van der Waals surface area contributed by atoms with Gasteiger partial charge in [0.2, 0.25) is 0 Å². The highest BCUT2D eigenvalue weighted by Gasteiger charge is 2.33. The zero-order chi connectivity index (χ0) is 13.2. The molecule has 2 rings (SSSR count). The van der Waals surface area contributed by atoms with E-state index in [4.69, 9.17) is 5.73 Å². The summed E-state index contributed by atoms with van der Waals surface area (Å²) in [5.41, 5.74) is 9.39. The van der Waals surface area contributed by atoms with E-state index in [0.29, 0.717) is 6.04 Å². The lowest BCUT2D eigenvalue weighted by Gasteiger charge is -2.42. The summed E-state index contributed by atoms with van der Waals surface area (Å²) in [5.74, 6) is 0. The first-order valence-corrected chi connectivity index (χ1v) is 7.07. The molecule has 1 heterocycles. The van der Waals surface area contributed by atoms with Gasteiger partial charge < -0.3 is 5.73 Å². The fourth-order valence-electron chi connectivity index (χ4n) is 2.92. The van der Waals surface area contributed by atoms with Crippen molar-refractivity contribution in [1.29, 1.82) is 0 Å². The summed E-state index contributed by atoms with van der Waals surface area (Å²) < 4.78 is 0. The van der Waals surface area contributed by atoms with Gasteiger partial charge in [0.1, 0.15) is 0 Å². The van der Waals surface area contributed by atoms with Crippen LogP contribution in [0.25, 0.3) is 0 Å². The van der Waals surface area contributed by atoms with Gasteiger partial charge in [-0.2, -0.15) is 0 Å². The normalized spacial score (nSPS) is 22.8. The Morgan fingerprint density at radius 3 is 2.47 bits per heavy atom. The van der Waals surface area contributed by atoms with E-state index in [2.05, 4.69) is 49.9 Å². The zero-order valence-corrected chi connectivity index (χ0v) is 13.2. The van der Waals surface area contributed by atoms with Gasteiger partial charge in [-0.3, -0.25) is 4.90 Å². The van der Waals surface area contributed by atoms with E-state index in [9.17, 15) is 0 Å². The van der Waals surface area contributed by atoms with Crippen molar-refractivity contribution in [2.45, 2.75) is 46.2 Å². The smallest absolute Gasteiger partial charge is 0.0236 e. The van der Waals surface area contributed by atoms with Crippen LogP contribution in [0, 0.1) is 5.41 Å². The van der Waals surface area contributed by atoms with Crippen molar-refractivity contribution in [2.24, 2.45) is 11.1 Å². The molecule has 1 aromatic carbocycles. The Bertz CT molecular complexity index is 403. The van der Waals surface area contributed by atoms with Gasteiger partial charge in [0.25, 0.3) is 0 Å². The third-order valence-electron chi connectivity index (χ3n) is 4.28. The van der Waals surface area contributed by atoms with E-state index in [1.54, 1.807) is 0 Å². The third kappa shape index (κ3) is 3.95. The largest absolute Gasteiger partial charge is 0.327 e. The van der Waals surface area contributed by atoms with Crippen LogP contribution in [0.15, 0.2) is 24.3 Å². The molecule has 2 nitrogen and oxygen atoms in total. The predicted octanol–water partition coefficient (Wildman–Crippen LogP) is 3.23. The Morgan fingerprint density at radius 1 is 1.26 bits per heavy atom. The van der Waals surface area contributed by atoms with Gasteiger partial charge in [-0.05, 0) is 29.4 Å². The number of nitrogens with two attached hydrogens (primary N) is 1. The van der Waals surface area contributed by atoms with Crippen LogP contribution in [0.2, 0.25) is 0 Å². The molecule has 19 heavy (non-hydrogen) atoms. The van der Waals surface area contributed by atoms with Crippen molar-refractivity contribution in [3.63, 3.8) is 0 Å². The highest BCUT2D eigenvalue weighted by Crippen LogP contribution is 2.28. The van der Waals surface area contributed by atoms with Gasteiger partial charge in [0.15, 0.2) is 0 Å². The van der Waals surface area contributed by atoms with Crippen LogP contribution >= 0.6 is 12.4 Å². The number of nitrogens with zero attached hydrogens (tertiary/aromatic N) is 1. The molecule has 0 aromatic heterocycles. The average Bonchev–Trinajstić information content (AvgIpc) is 2.34. The summed E-state index contributed by atoms with van der Waals surface area (Å²) in [6.07, 6.45) is 2.23. The lowest BCUT2D eigenvalue weighted by Crippen LogP contribution is -2.52. The first-order valence-electron chi connectivity index (χ1n) is 7.07. The maximum atomic E-state index is 6.20. The van der Waals surface area contributed by atoms with Gasteiger partial charge in [0, 0.05) is 25.7 Å². The molecule has 1 aliphatic heterocycles. The average molecular weight is 283 g/mol. The van der Waals surface area contributed by atoms with Crippen molar-refractivity contribution >= 4 is 12.4 Å². The van der Waals surface area contributed by atoms with E-state index in [1.165, 1.54) is 11.1 Å². The molecule has 1 aromatic rings. The van der Waals surface area contributed by atoms with Crippen LogP contribution in [0.4, 0.5) is 0 Å². The number of hydrogen-bond acceptors (Lipinski definition) is 2. The highest BCUT2D eigenvalue weighted by molar-refractivity contribution is 5.85. The molecule has 0 bridgehead atoms. The first-order chi connectivity index (χ1) is 8.53. The molecular formula is C16H27ClN2. The van der Waals surface area contributed by atoms with Crippen LogP contribution in [-0.2, 0) is 13.0 Å². The lowest BCUT2D eigenvalue weighted by atomic mass is 9.79. The number of likely N-dealkylation sites (tertiary alicyclic amines) is 1. The molecule has 0 spiro atoms. The summed E-state index contributed by atoms with van der Waals surface area (Å²) in [7, 11) is 0. The minimum absolute atomic E-state index is 0. The second-order valence-corrected chi connectivity index (χ2v) is 6.22. The number of hydrogen-bond donors (Lipinski definition) is 1. The predicted molar refractivity (Wildman–Crippen MR) is 84.7 cm³/mol. The molecule has 1 atom stereocenters. The number of rotatable bonds is 3. The van der Waals surface area contributed by atoms with Crippen LogP contribution in [0.3, 0.4) is 0 Å². The van der Waals surface area contributed by atoms with Crippen LogP contribution in [0.5, 0.6) is 0 Å². The Balaban J connectivity index is 0.00000180. The number of benzene rings is 1. The SMILES string of the molecule is CCc1ccccc1CN1CCC(N)C(C)(C)C1.Cl. The maximum Gasteiger partial charge on any atom is 0.0236 e. The summed E-state index contributed by atoms with van der Waals surface area (Å²) >= 11 is 0. The highest BCUT2D eigenvalue weighted by atomic mass is 35.5. The summed E-state index contributed by atoms with van der Waals surface area (Å²) in [4.78, 5) is 2.55. The van der Waals surface area contributed by atoms with E-state index < -0.39 is 0 Å². The van der Waals surface area contributed by atoms with Gasteiger partial charge in [-0.25, -0.2) is 0 Å². The summed E-state index contributed by atoms with van der Waals surface area (Å²) in [5, 5.41) is 0. The summed E-state index contributed by atoms with van der Waals surface area (Å²) in [6.45, 7) is 10.1. The molecule has 1 unspecified atom stereocenters. The third-order valence-corrected chi connectivity index (χ3v) is 4.28. The van der Waals surface area contributed by atoms with Crippen LogP contribution in [-0.4, -0.2) is 24.0 Å². The van der Waals surface area contributed by atoms with E-state index >= 15 is 0 Å². The quantitative estimate of drug-likeness (QED) is 0.922.